The lowest BCUT2D eigenvalue weighted by Crippen LogP contribution is -2.36. The molecule has 1 aliphatic carbocycles. The Morgan fingerprint density at radius 3 is 2.85 bits per heavy atom. The molecule has 3 rings (SSSR count). The van der Waals surface area contributed by atoms with Gasteiger partial charge in [-0.3, -0.25) is 4.90 Å². The molecular formula is C22H30N2O2. The summed E-state index contributed by atoms with van der Waals surface area (Å²) < 4.78 is 7.71. The van der Waals surface area contributed by atoms with Crippen molar-refractivity contribution in [2.24, 2.45) is 0 Å². The number of ether oxygens (including phenoxy) is 1. The van der Waals surface area contributed by atoms with Gasteiger partial charge >= 0.3 is 0 Å². The minimum Gasteiger partial charge on any atom is -0.389 e. The molecule has 0 aliphatic heterocycles. The van der Waals surface area contributed by atoms with E-state index in [1.807, 2.05) is 0 Å². The third-order valence-corrected chi connectivity index (χ3v) is 4.95. The maximum Gasteiger partial charge on any atom is 0.0900 e. The summed E-state index contributed by atoms with van der Waals surface area (Å²) in [6.45, 7) is 9.05. The summed E-state index contributed by atoms with van der Waals surface area (Å²) in [5.41, 5.74) is 3.96. The van der Waals surface area contributed by atoms with Crippen molar-refractivity contribution in [3.63, 3.8) is 0 Å². The Morgan fingerprint density at radius 2 is 2.12 bits per heavy atom. The lowest BCUT2D eigenvalue weighted by molar-refractivity contribution is 0.0223. The van der Waals surface area contributed by atoms with E-state index in [0.717, 1.165) is 13.1 Å². The highest BCUT2D eigenvalue weighted by atomic mass is 16.5. The molecule has 0 spiro atoms. The number of nitrogens with zero attached hydrogens (tertiary/aromatic N) is 2. The van der Waals surface area contributed by atoms with Gasteiger partial charge in [0.25, 0.3) is 0 Å². The molecule has 1 aliphatic rings. The highest BCUT2D eigenvalue weighted by Gasteiger charge is 2.30. The second-order valence-electron chi connectivity index (χ2n) is 7.19. The lowest BCUT2D eigenvalue weighted by Gasteiger charge is -2.25. The first kappa shape index (κ1) is 18.9. The highest BCUT2D eigenvalue weighted by molar-refractivity contribution is 5.26. The van der Waals surface area contributed by atoms with Crippen molar-refractivity contribution in [2.75, 3.05) is 19.8 Å². The molecular weight excluding hydrogens is 324 g/mol. The smallest absolute Gasteiger partial charge is 0.0900 e. The lowest BCUT2D eigenvalue weighted by atomic mass is 10.1. The molecule has 1 fully saturated rings. The van der Waals surface area contributed by atoms with Crippen LogP contribution in [0.3, 0.4) is 0 Å². The van der Waals surface area contributed by atoms with Crippen LogP contribution >= 0.6 is 0 Å². The molecule has 1 N–H and O–H groups in total. The Bertz CT molecular complexity index is 706. The van der Waals surface area contributed by atoms with Gasteiger partial charge in [-0.1, -0.05) is 30.3 Å². The predicted octanol–water partition coefficient (Wildman–Crippen LogP) is 3.37. The van der Waals surface area contributed by atoms with Gasteiger partial charge in [0.05, 0.1) is 19.3 Å². The second-order valence-corrected chi connectivity index (χ2v) is 7.19. The zero-order valence-electron chi connectivity index (χ0n) is 15.7. The van der Waals surface area contributed by atoms with Crippen LogP contribution in [-0.4, -0.2) is 46.5 Å². The van der Waals surface area contributed by atoms with Gasteiger partial charge in [-0.2, -0.15) is 0 Å². The van der Waals surface area contributed by atoms with Gasteiger partial charge in [0.2, 0.25) is 0 Å². The fraction of sp³-hybridized carbons (Fsp3) is 0.455. The first-order valence-corrected chi connectivity index (χ1v) is 9.46. The van der Waals surface area contributed by atoms with Crippen LogP contribution in [0.5, 0.6) is 0 Å². The van der Waals surface area contributed by atoms with E-state index >= 15 is 0 Å². The van der Waals surface area contributed by atoms with E-state index in [2.05, 4.69) is 65.6 Å². The van der Waals surface area contributed by atoms with Crippen LogP contribution < -0.4 is 0 Å². The number of aliphatic hydroxyl groups excluding tert-OH is 1. The first-order valence-electron chi connectivity index (χ1n) is 9.46. The van der Waals surface area contributed by atoms with E-state index in [4.69, 9.17) is 4.74 Å². The van der Waals surface area contributed by atoms with E-state index in [1.165, 1.54) is 29.7 Å². The summed E-state index contributed by atoms with van der Waals surface area (Å²) in [6, 6.07) is 13.4. The molecule has 4 nitrogen and oxygen atoms in total. The third-order valence-electron chi connectivity index (χ3n) is 4.95. The summed E-state index contributed by atoms with van der Waals surface area (Å²) in [5, 5.41) is 10.3. The van der Waals surface area contributed by atoms with Gasteiger partial charge in [-0.15, -0.1) is 6.58 Å². The van der Waals surface area contributed by atoms with E-state index in [-0.39, 0.29) is 0 Å². The monoisotopic (exact) mass is 354 g/mol. The third kappa shape index (κ3) is 5.31. The number of hydrogen-bond donors (Lipinski definition) is 1. The molecule has 0 saturated heterocycles. The number of aliphatic hydroxyl groups is 1. The van der Waals surface area contributed by atoms with Crippen LogP contribution in [0, 0.1) is 6.92 Å². The molecule has 1 aromatic carbocycles. The van der Waals surface area contributed by atoms with Crippen molar-refractivity contribution < 1.29 is 9.84 Å². The summed E-state index contributed by atoms with van der Waals surface area (Å²) in [5.74, 6) is 0. The molecule has 0 unspecified atom stereocenters. The number of aromatic nitrogens is 1. The Hall–Kier alpha value is -1.88. The molecule has 4 heteroatoms. The molecule has 2 aromatic rings. The normalized spacial score (nSPS) is 15.3. The zero-order chi connectivity index (χ0) is 18.4. The summed E-state index contributed by atoms with van der Waals surface area (Å²) >= 11 is 0. The molecule has 0 radical (unpaired) electrons. The van der Waals surface area contributed by atoms with Crippen LogP contribution in [0.1, 0.15) is 29.7 Å². The van der Waals surface area contributed by atoms with E-state index in [1.54, 1.807) is 6.08 Å². The minimum atomic E-state index is -0.463. The topological polar surface area (TPSA) is 37.6 Å². The maximum atomic E-state index is 10.3. The van der Waals surface area contributed by atoms with Crippen LogP contribution in [-0.2, 0) is 17.8 Å². The summed E-state index contributed by atoms with van der Waals surface area (Å²) in [4.78, 5) is 2.39. The number of hydrogen-bond acceptors (Lipinski definition) is 3. The van der Waals surface area contributed by atoms with E-state index in [0.29, 0.717) is 25.8 Å². The Kier molecular flexibility index (Phi) is 6.67. The van der Waals surface area contributed by atoms with Crippen LogP contribution in [0.25, 0.3) is 0 Å². The SMILES string of the molecule is C=CCOC[C@H](O)CN(Cc1cccn1Cc1ccccc1C)C1CC1. The molecule has 26 heavy (non-hydrogen) atoms. The highest BCUT2D eigenvalue weighted by Crippen LogP contribution is 2.28. The standard InChI is InChI=1S/C22H30N2O2/c1-3-13-26-17-22(25)16-24(20-10-11-20)15-21-9-6-12-23(21)14-19-8-5-4-7-18(19)2/h3-9,12,20,22,25H,1,10-11,13-17H2,2H3/t22-/m1/s1. The summed E-state index contributed by atoms with van der Waals surface area (Å²) in [7, 11) is 0. The molecule has 0 amide bonds. The van der Waals surface area contributed by atoms with Crippen molar-refractivity contribution in [1.82, 2.24) is 9.47 Å². The van der Waals surface area contributed by atoms with Crippen LogP contribution in [0.15, 0.2) is 55.3 Å². The van der Waals surface area contributed by atoms with Gasteiger partial charge in [0, 0.05) is 37.6 Å². The largest absolute Gasteiger partial charge is 0.389 e. The molecule has 1 heterocycles. The maximum absolute atomic E-state index is 10.3. The van der Waals surface area contributed by atoms with Gasteiger partial charge in [-0.05, 0) is 43.0 Å². The zero-order valence-corrected chi connectivity index (χ0v) is 15.7. The average Bonchev–Trinajstić information content (AvgIpc) is 3.39. The van der Waals surface area contributed by atoms with Gasteiger partial charge in [0.1, 0.15) is 0 Å². The number of aryl methyl sites for hydroxylation is 1. The van der Waals surface area contributed by atoms with Crippen molar-refractivity contribution in [1.29, 1.82) is 0 Å². The van der Waals surface area contributed by atoms with E-state index < -0.39 is 6.10 Å². The Morgan fingerprint density at radius 1 is 1.31 bits per heavy atom. The second kappa shape index (κ2) is 9.17. The van der Waals surface area contributed by atoms with Gasteiger partial charge in [-0.25, -0.2) is 0 Å². The number of benzene rings is 1. The average molecular weight is 354 g/mol. The van der Waals surface area contributed by atoms with Crippen molar-refractivity contribution in [3.05, 3.63) is 72.1 Å². The van der Waals surface area contributed by atoms with Gasteiger partial charge < -0.3 is 14.4 Å². The molecule has 0 bridgehead atoms. The van der Waals surface area contributed by atoms with Crippen LogP contribution in [0.2, 0.25) is 0 Å². The fourth-order valence-corrected chi connectivity index (χ4v) is 3.32. The molecule has 140 valence electrons. The van der Waals surface area contributed by atoms with Crippen molar-refractivity contribution in [2.45, 2.75) is 45.0 Å². The Balaban J connectivity index is 1.62. The van der Waals surface area contributed by atoms with Crippen LogP contribution in [0.4, 0.5) is 0 Å². The number of rotatable bonds is 11. The quantitative estimate of drug-likeness (QED) is 0.497. The van der Waals surface area contributed by atoms with E-state index in [9.17, 15) is 5.11 Å². The molecule has 1 atom stereocenters. The fourth-order valence-electron chi connectivity index (χ4n) is 3.32. The predicted molar refractivity (Wildman–Crippen MR) is 105 cm³/mol. The molecule has 1 aromatic heterocycles. The minimum absolute atomic E-state index is 0.361. The van der Waals surface area contributed by atoms with Crippen molar-refractivity contribution >= 4 is 0 Å². The Labute approximate surface area is 156 Å². The van der Waals surface area contributed by atoms with Gasteiger partial charge in [0.15, 0.2) is 0 Å². The molecule has 1 saturated carbocycles. The first-order chi connectivity index (χ1) is 12.7. The van der Waals surface area contributed by atoms with Crippen molar-refractivity contribution in [3.8, 4) is 0 Å². The summed E-state index contributed by atoms with van der Waals surface area (Å²) in [6.07, 6.45) is 5.84.